The third-order valence-corrected chi connectivity index (χ3v) is 2.53. The van der Waals surface area contributed by atoms with E-state index < -0.39 is 0 Å². The highest BCUT2D eigenvalue weighted by atomic mass is 16.2. The second-order valence-corrected chi connectivity index (χ2v) is 3.51. The summed E-state index contributed by atoms with van der Waals surface area (Å²) in [6, 6.07) is 7.97. The fourth-order valence-electron chi connectivity index (χ4n) is 1.56. The lowest BCUT2D eigenvalue weighted by Crippen LogP contribution is -2.28. The molecule has 2 N–H and O–H groups in total. The minimum Gasteiger partial charge on any atom is -0.339 e. The zero-order chi connectivity index (χ0) is 11.3. The second kappa shape index (κ2) is 5.51. The minimum absolute atomic E-state index is 0.101. The molecule has 1 rings (SSSR count). The number of hydrogen-bond donors (Lipinski definition) is 1. The molecule has 82 valence electrons. The summed E-state index contributed by atoms with van der Waals surface area (Å²) in [5, 5.41) is 0. The normalized spacial score (nSPS) is 10.1. The SMILES string of the molecule is CCN(Cc1ccccc1CN)C(C)=O. The van der Waals surface area contributed by atoms with Crippen molar-refractivity contribution >= 4 is 5.91 Å². The van der Waals surface area contributed by atoms with Crippen LogP contribution in [0.25, 0.3) is 0 Å². The Kier molecular flexibility index (Phi) is 4.31. The van der Waals surface area contributed by atoms with Gasteiger partial charge in [-0.25, -0.2) is 0 Å². The zero-order valence-corrected chi connectivity index (χ0v) is 9.36. The standard InChI is InChI=1S/C12H18N2O/c1-3-14(10(2)15)9-12-7-5-4-6-11(12)8-13/h4-7H,3,8-9,13H2,1-2H3. The number of amides is 1. The van der Waals surface area contributed by atoms with Gasteiger partial charge < -0.3 is 10.6 Å². The van der Waals surface area contributed by atoms with Gasteiger partial charge in [-0.1, -0.05) is 24.3 Å². The Bertz CT molecular complexity index is 336. The average Bonchev–Trinajstić information content (AvgIpc) is 2.25. The van der Waals surface area contributed by atoms with Crippen molar-refractivity contribution in [3.63, 3.8) is 0 Å². The van der Waals surface area contributed by atoms with Crippen molar-refractivity contribution in [3.8, 4) is 0 Å². The van der Waals surface area contributed by atoms with Crippen LogP contribution in [0.3, 0.4) is 0 Å². The van der Waals surface area contributed by atoms with E-state index in [-0.39, 0.29) is 5.91 Å². The Balaban J connectivity index is 2.82. The lowest BCUT2D eigenvalue weighted by molar-refractivity contribution is -0.129. The van der Waals surface area contributed by atoms with Crippen molar-refractivity contribution in [1.82, 2.24) is 4.90 Å². The smallest absolute Gasteiger partial charge is 0.219 e. The summed E-state index contributed by atoms with van der Waals surface area (Å²) in [6.45, 7) is 5.47. The highest BCUT2D eigenvalue weighted by Gasteiger charge is 2.08. The van der Waals surface area contributed by atoms with Crippen molar-refractivity contribution in [2.24, 2.45) is 5.73 Å². The predicted octanol–water partition coefficient (Wildman–Crippen LogP) is 1.51. The molecule has 0 saturated heterocycles. The first-order valence-corrected chi connectivity index (χ1v) is 5.21. The number of hydrogen-bond acceptors (Lipinski definition) is 2. The summed E-state index contributed by atoms with van der Waals surface area (Å²) in [4.78, 5) is 13.1. The van der Waals surface area contributed by atoms with Crippen LogP contribution in [0.4, 0.5) is 0 Å². The van der Waals surface area contributed by atoms with Gasteiger partial charge in [0.25, 0.3) is 0 Å². The molecule has 0 unspecified atom stereocenters. The molecular formula is C12H18N2O. The molecule has 0 saturated carbocycles. The van der Waals surface area contributed by atoms with Crippen molar-refractivity contribution in [2.75, 3.05) is 6.54 Å². The summed E-state index contributed by atoms with van der Waals surface area (Å²) >= 11 is 0. The highest BCUT2D eigenvalue weighted by Crippen LogP contribution is 2.11. The molecule has 0 aliphatic heterocycles. The van der Waals surface area contributed by atoms with Crippen LogP contribution in [0.2, 0.25) is 0 Å². The molecule has 0 aromatic heterocycles. The quantitative estimate of drug-likeness (QED) is 0.811. The molecular weight excluding hydrogens is 188 g/mol. The molecule has 0 fully saturated rings. The fraction of sp³-hybridized carbons (Fsp3) is 0.417. The van der Waals surface area contributed by atoms with E-state index in [1.54, 1.807) is 11.8 Å². The topological polar surface area (TPSA) is 46.3 Å². The van der Waals surface area contributed by atoms with Crippen molar-refractivity contribution in [2.45, 2.75) is 26.9 Å². The van der Waals surface area contributed by atoms with Crippen LogP contribution in [-0.2, 0) is 17.9 Å². The second-order valence-electron chi connectivity index (χ2n) is 3.51. The third-order valence-electron chi connectivity index (χ3n) is 2.53. The van der Waals surface area contributed by atoms with Crippen LogP contribution >= 0.6 is 0 Å². The van der Waals surface area contributed by atoms with Gasteiger partial charge in [-0.2, -0.15) is 0 Å². The van der Waals surface area contributed by atoms with Crippen molar-refractivity contribution in [1.29, 1.82) is 0 Å². The molecule has 15 heavy (non-hydrogen) atoms. The van der Waals surface area contributed by atoms with E-state index in [2.05, 4.69) is 0 Å². The molecule has 3 heteroatoms. The van der Waals surface area contributed by atoms with E-state index >= 15 is 0 Å². The number of benzene rings is 1. The Morgan fingerprint density at radius 2 is 1.93 bits per heavy atom. The molecule has 0 atom stereocenters. The average molecular weight is 206 g/mol. The lowest BCUT2D eigenvalue weighted by Gasteiger charge is -2.20. The number of nitrogens with zero attached hydrogens (tertiary/aromatic N) is 1. The summed E-state index contributed by atoms with van der Waals surface area (Å²) in [5.41, 5.74) is 7.89. The Morgan fingerprint density at radius 3 is 2.40 bits per heavy atom. The minimum atomic E-state index is 0.101. The van der Waals surface area contributed by atoms with Gasteiger partial charge in [-0.05, 0) is 18.1 Å². The highest BCUT2D eigenvalue weighted by molar-refractivity contribution is 5.73. The van der Waals surface area contributed by atoms with Gasteiger partial charge in [-0.15, -0.1) is 0 Å². The van der Waals surface area contributed by atoms with Crippen LogP contribution in [0.1, 0.15) is 25.0 Å². The Hall–Kier alpha value is -1.35. The monoisotopic (exact) mass is 206 g/mol. The molecule has 0 aliphatic rings. The zero-order valence-electron chi connectivity index (χ0n) is 9.36. The summed E-state index contributed by atoms with van der Waals surface area (Å²) in [6.07, 6.45) is 0. The molecule has 0 aliphatic carbocycles. The number of carbonyl (C=O) groups is 1. The van der Waals surface area contributed by atoms with E-state index in [4.69, 9.17) is 5.73 Å². The van der Waals surface area contributed by atoms with E-state index in [0.29, 0.717) is 13.1 Å². The van der Waals surface area contributed by atoms with Gasteiger partial charge in [0, 0.05) is 26.6 Å². The first-order valence-electron chi connectivity index (χ1n) is 5.21. The van der Waals surface area contributed by atoms with Crippen LogP contribution in [-0.4, -0.2) is 17.4 Å². The van der Waals surface area contributed by atoms with Crippen molar-refractivity contribution < 1.29 is 4.79 Å². The van der Waals surface area contributed by atoms with Crippen LogP contribution in [0, 0.1) is 0 Å². The summed E-state index contributed by atoms with van der Waals surface area (Å²) in [7, 11) is 0. The van der Waals surface area contributed by atoms with Gasteiger partial charge >= 0.3 is 0 Å². The van der Waals surface area contributed by atoms with E-state index in [1.165, 1.54) is 0 Å². The van der Waals surface area contributed by atoms with Crippen LogP contribution in [0.15, 0.2) is 24.3 Å². The van der Waals surface area contributed by atoms with Gasteiger partial charge in [0.1, 0.15) is 0 Å². The van der Waals surface area contributed by atoms with Gasteiger partial charge in [0.05, 0.1) is 0 Å². The lowest BCUT2D eigenvalue weighted by atomic mass is 10.1. The Morgan fingerprint density at radius 1 is 1.33 bits per heavy atom. The molecule has 0 heterocycles. The number of carbonyl (C=O) groups excluding carboxylic acids is 1. The van der Waals surface area contributed by atoms with Gasteiger partial charge in [-0.3, -0.25) is 4.79 Å². The maximum absolute atomic E-state index is 11.3. The van der Waals surface area contributed by atoms with E-state index in [9.17, 15) is 4.79 Å². The first-order chi connectivity index (χ1) is 7.19. The molecule has 0 bridgehead atoms. The molecule has 1 aromatic carbocycles. The van der Waals surface area contributed by atoms with Gasteiger partial charge in [0.15, 0.2) is 0 Å². The number of nitrogens with two attached hydrogens (primary N) is 1. The third kappa shape index (κ3) is 3.06. The van der Waals surface area contributed by atoms with Crippen LogP contribution < -0.4 is 5.73 Å². The van der Waals surface area contributed by atoms with Gasteiger partial charge in [0.2, 0.25) is 5.91 Å². The summed E-state index contributed by atoms with van der Waals surface area (Å²) < 4.78 is 0. The number of rotatable bonds is 4. The summed E-state index contributed by atoms with van der Waals surface area (Å²) in [5.74, 6) is 0.101. The maximum Gasteiger partial charge on any atom is 0.219 e. The Labute approximate surface area is 90.9 Å². The first kappa shape index (κ1) is 11.7. The molecule has 3 nitrogen and oxygen atoms in total. The molecule has 0 spiro atoms. The molecule has 1 aromatic rings. The largest absolute Gasteiger partial charge is 0.339 e. The fourth-order valence-corrected chi connectivity index (χ4v) is 1.56. The molecule has 0 radical (unpaired) electrons. The van der Waals surface area contributed by atoms with E-state index in [1.807, 2.05) is 31.2 Å². The van der Waals surface area contributed by atoms with Crippen molar-refractivity contribution in [3.05, 3.63) is 35.4 Å². The molecule has 1 amide bonds. The van der Waals surface area contributed by atoms with Crippen LogP contribution in [0.5, 0.6) is 0 Å². The maximum atomic E-state index is 11.3. The van der Waals surface area contributed by atoms with E-state index in [0.717, 1.165) is 17.7 Å². The predicted molar refractivity (Wildman–Crippen MR) is 61.1 cm³/mol.